The van der Waals surface area contributed by atoms with Crippen LogP contribution < -0.4 is 5.73 Å². The molecule has 0 aliphatic heterocycles. The van der Waals surface area contributed by atoms with Gasteiger partial charge in [0.25, 0.3) is 0 Å². The normalized spacial score (nSPS) is 12.6. The first-order valence-electron chi connectivity index (χ1n) is 6.71. The Morgan fingerprint density at radius 2 is 1.92 bits per heavy atom. The summed E-state index contributed by atoms with van der Waals surface area (Å²) in [5.41, 5.74) is 6.03. The monoisotopic (exact) mass is 354 g/mol. The predicted octanol–water partition coefficient (Wildman–Crippen LogP) is 3.95. The van der Waals surface area contributed by atoms with Gasteiger partial charge in [0, 0.05) is 16.5 Å². The molecule has 0 aliphatic carbocycles. The van der Waals surface area contributed by atoms with E-state index in [1.54, 1.807) is 6.08 Å². The van der Waals surface area contributed by atoms with Crippen molar-refractivity contribution in [3.63, 3.8) is 0 Å². The summed E-state index contributed by atoms with van der Waals surface area (Å²) in [6.45, 7) is 1.91. The summed E-state index contributed by atoms with van der Waals surface area (Å²) in [5.74, 6) is -0.935. The van der Waals surface area contributed by atoms with E-state index >= 15 is 0 Å². The smallest absolute Gasteiger partial charge is 0.380 e. The van der Waals surface area contributed by atoms with E-state index in [0.29, 0.717) is 0 Å². The molecule has 0 saturated heterocycles. The first kappa shape index (κ1) is 17.7. The largest absolute Gasteiger partial charge is 0.416 e. The van der Waals surface area contributed by atoms with Gasteiger partial charge in [0.1, 0.15) is 0 Å². The first-order valence-corrected chi connectivity index (χ1v) is 7.59. The van der Waals surface area contributed by atoms with E-state index in [1.807, 2.05) is 18.4 Å². The minimum absolute atomic E-state index is 0.197. The third-order valence-electron chi connectivity index (χ3n) is 3.01. The maximum Gasteiger partial charge on any atom is 0.416 e. The molecule has 0 saturated carbocycles. The zero-order chi connectivity index (χ0) is 17.7. The quantitative estimate of drug-likeness (QED) is 0.297. The molecule has 0 radical (unpaired) electrons. The lowest BCUT2D eigenvalue weighted by molar-refractivity contribution is -0.138. The second kappa shape index (κ2) is 7.31. The molecule has 4 nitrogen and oxygen atoms in total. The molecule has 24 heavy (non-hydrogen) atoms. The molecule has 0 atom stereocenters. The van der Waals surface area contributed by atoms with Crippen molar-refractivity contribution in [3.05, 3.63) is 63.4 Å². The average molecular weight is 354 g/mol. The molecule has 1 aromatic heterocycles. The maximum atomic E-state index is 12.5. The fourth-order valence-electron chi connectivity index (χ4n) is 1.71. The van der Waals surface area contributed by atoms with Crippen LogP contribution in [0.5, 0.6) is 0 Å². The van der Waals surface area contributed by atoms with Gasteiger partial charge in [-0.3, -0.25) is 0 Å². The SMILES string of the molecule is Cc1ccsc1/C=C\C(=O)O/N=C(\N)c1ccc(C(F)(F)F)cc1. The fourth-order valence-corrected chi connectivity index (χ4v) is 2.53. The molecule has 2 N–H and O–H groups in total. The summed E-state index contributed by atoms with van der Waals surface area (Å²) in [6.07, 6.45) is -1.64. The number of hydrogen-bond acceptors (Lipinski definition) is 4. The van der Waals surface area contributed by atoms with Crippen LogP contribution >= 0.6 is 11.3 Å². The minimum Gasteiger partial charge on any atom is -0.380 e. The van der Waals surface area contributed by atoms with E-state index in [9.17, 15) is 18.0 Å². The van der Waals surface area contributed by atoms with Crippen LogP contribution in [0, 0.1) is 6.92 Å². The highest BCUT2D eigenvalue weighted by atomic mass is 32.1. The summed E-state index contributed by atoms with van der Waals surface area (Å²) in [7, 11) is 0. The van der Waals surface area contributed by atoms with Crippen molar-refractivity contribution in [2.75, 3.05) is 0 Å². The summed E-state index contributed by atoms with van der Waals surface area (Å²) in [4.78, 5) is 17.1. The van der Waals surface area contributed by atoms with E-state index in [4.69, 9.17) is 5.73 Å². The molecule has 0 spiro atoms. The van der Waals surface area contributed by atoms with Gasteiger partial charge in [0.05, 0.1) is 5.56 Å². The molecular formula is C16H13F3N2O2S. The highest BCUT2D eigenvalue weighted by Gasteiger charge is 2.30. The molecule has 2 aromatic rings. The summed E-state index contributed by atoms with van der Waals surface area (Å²) in [6, 6.07) is 5.97. The Morgan fingerprint density at radius 1 is 1.25 bits per heavy atom. The van der Waals surface area contributed by atoms with Crippen molar-refractivity contribution in [2.45, 2.75) is 13.1 Å². The molecule has 1 heterocycles. The van der Waals surface area contributed by atoms with Crippen LogP contribution in [0.25, 0.3) is 6.08 Å². The van der Waals surface area contributed by atoms with E-state index in [2.05, 4.69) is 9.99 Å². The molecule has 1 aromatic carbocycles. The number of halogens is 3. The van der Waals surface area contributed by atoms with Crippen LogP contribution in [0.1, 0.15) is 21.6 Å². The maximum absolute atomic E-state index is 12.5. The number of thiophene rings is 1. The van der Waals surface area contributed by atoms with Crippen molar-refractivity contribution >= 4 is 29.2 Å². The Morgan fingerprint density at radius 3 is 2.46 bits per heavy atom. The summed E-state index contributed by atoms with van der Waals surface area (Å²) >= 11 is 1.47. The van der Waals surface area contributed by atoms with Gasteiger partial charge in [-0.05, 0) is 42.1 Å². The fraction of sp³-hybridized carbons (Fsp3) is 0.125. The van der Waals surface area contributed by atoms with Gasteiger partial charge in [-0.25, -0.2) is 4.79 Å². The van der Waals surface area contributed by atoms with Crippen LogP contribution in [-0.4, -0.2) is 11.8 Å². The second-order valence-corrected chi connectivity index (χ2v) is 5.71. The van der Waals surface area contributed by atoms with Crippen molar-refractivity contribution < 1.29 is 22.8 Å². The number of nitrogens with two attached hydrogens (primary N) is 1. The number of benzene rings is 1. The number of alkyl halides is 3. The van der Waals surface area contributed by atoms with Crippen LogP contribution in [-0.2, 0) is 15.8 Å². The van der Waals surface area contributed by atoms with Gasteiger partial charge in [0.15, 0.2) is 5.84 Å². The molecule has 0 bridgehead atoms. The number of oxime groups is 1. The number of carbonyl (C=O) groups is 1. The average Bonchev–Trinajstić information content (AvgIpc) is 2.95. The van der Waals surface area contributed by atoms with E-state index < -0.39 is 17.7 Å². The topological polar surface area (TPSA) is 64.7 Å². The van der Waals surface area contributed by atoms with Gasteiger partial charge in [0.2, 0.25) is 0 Å². The van der Waals surface area contributed by atoms with E-state index in [1.165, 1.54) is 17.4 Å². The van der Waals surface area contributed by atoms with Gasteiger partial charge in [-0.1, -0.05) is 17.3 Å². The van der Waals surface area contributed by atoms with Gasteiger partial charge in [-0.2, -0.15) is 13.2 Å². The lowest BCUT2D eigenvalue weighted by Crippen LogP contribution is -2.15. The highest BCUT2D eigenvalue weighted by molar-refractivity contribution is 7.11. The van der Waals surface area contributed by atoms with Gasteiger partial charge < -0.3 is 10.6 Å². The van der Waals surface area contributed by atoms with Crippen LogP contribution in [0.2, 0.25) is 0 Å². The predicted molar refractivity (Wildman–Crippen MR) is 86.4 cm³/mol. The standard InChI is InChI=1S/C16H13F3N2O2S/c1-10-8-9-24-13(10)6-7-14(22)23-21-15(20)11-2-4-12(5-3-11)16(17,18)19/h2-9H,1H3,(H2,20,21)/b7-6-. The Hall–Kier alpha value is -2.61. The molecule has 0 fully saturated rings. The third-order valence-corrected chi connectivity index (χ3v) is 4.00. The Labute approximate surface area is 140 Å². The Kier molecular flexibility index (Phi) is 5.40. The zero-order valence-electron chi connectivity index (χ0n) is 12.5. The van der Waals surface area contributed by atoms with E-state index in [0.717, 1.165) is 34.7 Å². The second-order valence-electron chi connectivity index (χ2n) is 4.76. The number of nitrogens with zero attached hydrogens (tertiary/aromatic N) is 1. The van der Waals surface area contributed by atoms with Crippen molar-refractivity contribution in [1.82, 2.24) is 0 Å². The summed E-state index contributed by atoms with van der Waals surface area (Å²) in [5, 5.41) is 5.31. The lowest BCUT2D eigenvalue weighted by Gasteiger charge is -2.06. The van der Waals surface area contributed by atoms with Crippen LogP contribution in [0.15, 0.2) is 46.9 Å². The van der Waals surface area contributed by atoms with Gasteiger partial charge in [-0.15, -0.1) is 11.3 Å². The van der Waals surface area contributed by atoms with Gasteiger partial charge >= 0.3 is 12.1 Å². The molecular weight excluding hydrogens is 341 g/mol. The molecule has 0 amide bonds. The molecule has 0 aliphatic rings. The number of hydrogen-bond donors (Lipinski definition) is 1. The van der Waals surface area contributed by atoms with Crippen molar-refractivity contribution in [3.8, 4) is 0 Å². The lowest BCUT2D eigenvalue weighted by atomic mass is 10.1. The molecule has 2 rings (SSSR count). The van der Waals surface area contributed by atoms with Crippen molar-refractivity contribution in [2.24, 2.45) is 10.9 Å². The Balaban J connectivity index is 1.99. The van der Waals surface area contributed by atoms with E-state index in [-0.39, 0.29) is 11.4 Å². The highest BCUT2D eigenvalue weighted by Crippen LogP contribution is 2.29. The molecule has 0 unspecified atom stereocenters. The zero-order valence-corrected chi connectivity index (χ0v) is 13.3. The number of aryl methyl sites for hydroxylation is 1. The minimum atomic E-state index is -4.43. The number of amidine groups is 1. The third kappa shape index (κ3) is 4.69. The number of rotatable bonds is 4. The van der Waals surface area contributed by atoms with Crippen molar-refractivity contribution in [1.29, 1.82) is 0 Å². The number of carbonyl (C=O) groups excluding carboxylic acids is 1. The first-order chi connectivity index (χ1) is 11.3. The van der Waals surface area contributed by atoms with Crippen LogP contribution in [0.4, 0.5) is 13.2 Å². The van der Waals surface area contributed by atoms with Crippen LogP contribution in [0.3, 0.4) is 0 Å². The molecule has 8 heteroatoms. The summed E-state index contributed by atoms with van der Waals surface area (Å²) < 4.78 is 37.4. The molecule has 126 valence electrons. The Bertz CT molecular complexity index is 777.